The van der Waals surface area contributed by atoms with Crippen molar-refractivity contribution >= 4 is 11.5 Å². The van der Waals surface area contributed by atoms with E-state index in [0.717, 1.165) is 16.9 Å². The molecule has 0 atom stereocenters. The first kappa shape index (κ1) is 14.2. The normalized spacial score (nSPS) is 11.7. The van der Waals surface area contributed by atoms with Gasteiger partial charge in [-0.2, -0.15) is 5.10 Å². The van der Waals surface area contributed by atoms with Gasteiger partial charge < -0.3 is 5.11 Å². The van der Waals surface area contributed by atoms with Crippen molar-refractivity contribution < 1.29 is 18.7 Å². The Morgan fingerprint density at radius 1 is 1.45 bits per heavy atom. The highest BCUT2D eigenvalue weighted by atomic mass is 19.3. The summed E-state index contributed by atoms with van der Waals surface area (Å²) < 4.78 is 27.6. The molecule has 0 aromatic carbocycles. The van der Waals surface area contributed by atoms with E-state index in [1.165, 1.54) is 4.40 Å². The van der Waals surface area contributed by atoms with Gasteiger partial charge in [0.1, 0.15) is 17.9 Å². The Morgan fingerprint density at radius 3 is 2.60 bits per heavy atom. The Morgan fingerprint density at radius 2 is 2.10 bits per heavy atom. The summed E-state index contributed by atoms with van der Waals surface area (Å²) in [6.45, 7) is 2.95. The SMILES string of the molecule is CC(C)c1nn(CC(=O)O)c(=O)c2cc(C(F)F)cn12. The topological polar surface area (TPSA) is 76.6 Å². The highest BCUT2D eigenvalue weighted by Gasteiger charge is 2.18. The molecule has 2 rings (SSSR count). The summed E-state index contributed by atoms with van der Waals surface area (Å²) in [7, 11) is 0. The molecule has 8 heteroatoms. The molecule has 20 heavy (non-hydrogen) atoms. The number of alkyl halides is 2. The molecule has 0 saturated heterocycles. The van der Waals surface area contributed by atoms with Gasteiger partial charge in [0, 0.05) is 17.7 Å². The first-order valence-electron chi connectivity index (χ1n) is 5.94. The number of aromatic nitrogens is 3. The van der Waals surface area contributed by atoms with Crippen LogP contribution >= 0.6 is 0 Å². The predicted molar refractivity (Wildman–Crippen MR) is 66.1 cm³/mol. The van der Waals surface area contributed by atoms with Gasteiger partial charge in [-0.25, -0.2) is 13.5 Å². The van der Waals surface area contributed by atoms with E-state index < -0.39 is 24.5 Å². The monoisotopic (exact) mass is 285 g/mol. The molecule has 0 amide bonds. The fourth-order valence-corrected chi connectivity index (χ4v) is 1.94. The quantitative estimate of drug-likeness (QED) is 0.926. The van der Waals surface area contributed by atoms with Crippen molar-refractivity contribution in [2.75, 3.05) is 0 Å². The Hall–Kier alpha value is -2.25. The zero-order valence-corrected chi connectivity index (χ0v) is 10.9. The number of fused-ring (bicyclic) bond motifs is 1. The number of rotatable bonds is 4. The lowest BCUT2D eigenvalue weighted by Gasteiger charge is -2.11. The van der Waals surface area contributed by atoms with Crippen molar-refractivity contribution in [3.8, 4) is 0 Å². The fourth-order valence-electron chi connectivity index (χ4n) is 1.94. The van der Waals surface area contributed by atoms with Crippen molar-refractivity contribution in [2.45, 2.75) is 32.7 Å². The molecule has 0 unspecified atom stereocenters. The van der Waals surface area contributed by atoms with Gasteiger partial charge in [0.15, 0.2) is 0 Å². The summed E-state index contributed by atoms with van der Waals surface area (Å²) in [5, 5.41) is 12.7. The van der Waals surface area contributed by atoms with Crippen LogP contribution in [0.15, 0.2) is 17.1 Å². The zero-order valence-electron chi connectivity index (χ0n) is 10.9. The van der Waals surface area contributed by atoms with E-state index in [1.54, 1.807) is 13.8 Å². The van der Waals surface area contributed by atoms with Crippen LogP contribution in [-0.2, 0) is 11.3 Å². The average molecular weight is 285 g/mol. The molecule has 0 saturated carbocycles. The Labute approximate surface area is 112 Å². The molecular formula is C12H13F2N3O3. The molecule has 0 fully saturated rings. The van der Waals surface area contributed by atoms with Crippen LogP contribution in [0.4, 0.5) is 8.78 Å². The number of carbonyl (C=O) groups is 1. The van der Waals surface area contributed by atoms with E-state index in [-0.39, 0.29) is 17.0 Å². The van der Waals surface area contributed by atoms with Crippen molar-refractivity contribution in [2.24, 2.45) is 0 Å². The third-order valence-corrected chi connectivity index (χ3v) is 2.82. The standard InChI is InChI=1S/C12H13F2N3O3/c1-6(2)11-15-17(5-9(18)19)12(20)8-3-7(10(13)14)4-16(8)11/h3-4,6,10H,5H2,1-2H3,(H,18,19). The number of aliphatic carboxylic acids is 1. The molecule has 2 heterocycles. The molecule has 0 radical (unpaired) electrons. The van der Waals surface area contributed by atoms with Crippen LogP contribution in [-0.4, -0.2) is 25.3 Å². The highest BCUT2D eigenvalue weighted by molar-refractivity contribution is 5.66. The summed E-state index contributed by atoms with van der Waals surface area (Å²) in [6, 6.07) is 1.07. The summed E-state index contributed by atoms with van der Waals surface area (Å²) in [4.78, 5) is 22.8. The lowest BCUT2D eigenvalue weighted by atomic mass is 10.2. The minimum atomic E-state index is -2.71. The van der Waals surface area contributed by atoms with Crippen LogP contribution in [0, 0.1) is 0 Å². The van der Waals surface area contributed by atoms with Crippen LogP contribution in [0.5, 0.6) is 0 Å². The lowest BCUT2D eigenvalue weighted by Crippen LogP contribution is -2.30. The number of carboxylic acids is 1. The van der Waals surface area contributed by atoms with Gasteiger partial charge in [0.2, 0.25) is 0 Å². The van der Waals surface area contributed by atoms with E-state index in [2.05, 4.69) is 5.10 Å². The van der Waals surface area contributed by atoms with Gasteiger partial charge in [-0.15, -0.1) is 0 Å². The van der Waals surface area contributed by atoms with E-state index in [0.29, 0.717) is 5.82 Å². The van der Waals surface area contributed by atoms with Gasteiger partial charge in [0.25, 0.3) is 12.0 Å². The Bertz CT molecular complexity index is 719. The van der Waals surface area contributed by atoms with Crippen molar-refractivity contribution in [1.82, 2.24) is 14.2 Å². The van der Waals surface area contributed by atoms with E-state index in [9.17, 15) is 18.4 Å². The fraction of sp³-hybridized carbons (Fsp3) is 0.417. The molecule has 0 aliphatic carbocycles. The number of hydrogen-bond donors (Lipinski definition) is 1. The van der Waals surface area contributed by atoms with Crippen LogP contribution in [0.25, 0.3) is 5.52 Å². The van der Waals surface area contributed by atoms with Gasteiger partial charge in [0.05, 0.1) is 0 Å². The molecule has 0 aliphatic rings. The second-order valence-corrected chi connectivity index (χ2v) is 4.70. The largest absolute Gasteiger partial charge is 0.480 e. The number of hydrogen-bond acceptors (Lipinski definition) is 3. The molecule has 108 valence electrons. The van der Waals surface area contributed by atoms with Crippen LogP contribution in [0.1, 0.15) is 37.6 Å². The van der Waals surface area contributed by atoms with Crippen molar-refractivity contribution in [3.05, 3.63) is 34.0 Å². The molecule has 0 aliphatic heterocycles. The predicted octanol–water partition coefficient (Wildman–Crippen LogP) is 1.64. The van der Waals surface area contributed by atoms with Crippen molar-refractivity contribution in [1.29, 1.82) is 0 Å². The maximum atomic E-state index is 12.7. The first-order valence-corrected chi connectivity index (χ1v) is 5.94. The second kappa shape index (κ2) is 5.03. The average Bonchev–Trinajstić information content (AvgIpc) is 2.77. The molecular weight excluding hydrogens is 272 g/mol. The summed E-state index contributed by atoms with van der Waals surface area (Å²) in [5.41, 5.74) is -0.997. The minimum absolute atomic E-state index is 0.000231. The number of nitrogens with zero attached hydrogens (tertiary/aromatic N) is 3. The molecule has 6 nitrogen and oxygen atoms in total. The third-order valence-electron chi connectivity index (χ3n) is 2.82. The van der Waals surface area contributed by atoms with E-state index >= 15 is 0 Å². The lowest BCUT2D eigenvalue weighted by molar-refractivity contribution is -0.138. The number of halogens is 2. The van der Waals surface area contributed by atoms with E-state index in [1.807, 2.05) is 0 Å². The summed E-state index contributed by atoms with van der Waals surface area (Å²) in [5.74, 6) is -1.02. The maximum absolute atomic E-state index is 12.7. The minimum Gasteiger partial charge on any atom is -0.480 e. The van der Waals surface area contributed by atoms with E-state index in [4.69, 9.17) is 5.11 Å². The van der Waals surface area contributed by atoms with Crippen LogP contribution < -0.4 is 5.56 Å². The maximum Gasteiger partial charge on any atom is 0.325 e. The third kappa shape index (κ3) is 2.40. The molecule has 0 bridgehead atoms. The summed E-state index contributed by atoms with van der Waals surface area (Å²) >= 11 is 0. The van der Waals surface area contributed by atoms with Crippen LogP contribution in [0.2, 0.25) is 0 Å². The summed E-state index contributed by atoms with van der Waals surface area (Å²) in [6.07, 6.45) is -1.54. The number of carboxylic acid groups (broad SMARTS) is 1. The highest BCUT2D eigenvalue weighted by Crippen LogP contribution is 2.22. The molecule has 2 aromatic rings. The smallest absolute Gasteiger partial charge is 0.325 e. The molecule has 0 spiro atoms. The van der Waals surface area contributed by atoms with Gasteiger partial charge in [-0.3, -0.25) is 14.0 Å². The Kier molecular flexibility index (Phi) is 3.56. The molecule has 2 aromatic heterocycles. The Balaban J connectivity index is 2.77. The first-order chi connectivity index (χ1) is 9.31. The second-order valence-electron chi connectivity index (χ2n) is 4.70. The van der Waals surface area contributed by atoms with Gasteiger partial charge >= 0.3 is 5.97 Å². The van der Waals surface area contributed by atoms with Gasteiger partial charge in [-0.1, -0.05) is 13.8 Å². The molecule has 1 N–H and O–H groups in total. The van der Waals surface area contributed by atoms with Gasteiger partial charge in [-0.05, 0) is 6.07 Å². The van der Waals surface area contributed by atoms with Crippen LogP contribution in [0.3, 0.4) is 0 Å². The zero-order chi connectivity index (χ0) is 15.0. The van der Waals surface area contributed by atoms with Crippen molar-refractivity contribution in [3.63, 3.8) is 0 Å².